The molecule has 0 saturated carbocycles. The van der Waals surface area contributed by atoms with Gasteiger partial charge in [-0.05, 0) is 17.7 Å². The number of ether oxygens (including phenoxy) is 1. The number of anilines is 4. The van der Waals surface area contributed by atoms with Gasteiger partial charge in [0.25, 0.3) is 10.1 Å². The first-order chi connectivity index (χ1) is 15.8. The molecule has 182 valence electrons. The number of aliphatic hydroxyl groups is 1. The molecule has 6 N–H and O–H groups in total. The molecule has 1 aromatic carbocycles. The summed E-state index contributed by atoms with van der Waals surface area (Å²) < 4.78 is 40.4. The summed E-state index contributed by atoms with van der Waals surface area (Å²) in [6.07, 6.45) is 1.59. The lowest BCUT2D eigenvalue weighted by atomic mass is 10.2. The topological polar surface area (TPSA) is 197 Å². The lowest BCUT2D eigenvalue weighted by Gasteiger charge is -2.12. The molecule has 2 rings (SSSR count). The van der Waals surface area contributed by atoms with Crippen LogP contribution in [0.2, 0.25) is 0 Å². The van der Waals surface area contributed by atoms with Crippen LogP contribution in [0.15, 0.2) is 29.7 Å². The van der Waals surface area contributed by atoms with Crippen molar-refractivity contribution < 1.29 is 37.4 Å². The van der Waals surface area contributed by atoms with E-state index in [9.17, 15) is 8.42 Å². The molecule has 0 spiro atoms. The predicted molar refractivity (Wildman–Crippen MR) is 122 cm³/mol. The van der Waals surface area contributed by atoms with Crippen LogP contribution in [0.25, 0.3) is 6.08 Å². The Labute approximate surface area is 194 Å². The zero-order valence-electron chi connectivity index (χ0n) is 17.3. The van der Waals surface area contributed by atoms with Crippen molar-refractivity contribution in [3.05, 3.63) is 30.3 Å². The second-order valence-electron chi connectivity index (χ2n) is 6.09. The van der Waals surface area contributed by atoms with Gasteiger partial charge in [0.1, 0.15) is 0 Å². The highest BCUT2D eigenvalue weighted by molar-refractivity contribution is 7.94. The number of nitrogens with one attached hydrogen (secondary N) is 3. The van der Waals surface area contributed by atoms with Crippen LogP contribution in [0.4, 0.5) is 23.5 Å². The zero-order chi connectivity index (χ0) is 24.1. The fourth-order valence-electron chi connectivity index (χ4n) is 2.32. The van der Waals surface area contributed by atoms with Crippen LogP contribution in [0.3, 0.4) is 0 Å². The minimum absolute atomic E-state index is 0.0595. The van der Waals surface area contributed by atoms with Crippen LogP contribution in [0, 0.1) is 0 Å². The van der Waals surface area contributed by atoms with Gasteiger partial charge in [0, 0.05) is 23.7 Å². The molecule has 0 aliphatic heterocycles. The van der Waals surface area contributed by atoms with Crippen molar-refractivity contribution >= 4 is 51.8 Å². The summed E-state index contributed by atoms with van der Waals surface area (Å²) in [5, 5.41) is 29.4. The number of aliphatic hydroxyl groups excluding tert-OH is 1. The molecular weight excluding hydrogens is 480 g/mol. The fraction of sp³-hybridized carbons (Fsp3) is 0.353. The molecule has 33 heavy (non-hydrogen) atoms. The summed E-state index contributed by atoms with van der Waals surface area (Å²) in [6.45, 7) is 4.30. The maximum Gasteiger partial charge on any atom is 0.266 e. The molecule has 14 nitrogen and oxygen atoms in total. The molecule has 2 aromatic rings. The quantitative estimate of drug-likeness (QED) is 0.0630. The van der Waals surface area contributed by atoms with Gasteiger partial charge >= 0.3 is 0 Å². The van der Waals surface area contributed by atoms with E-state index in [4.69, 9.17) is 19.7 Å². The van der Waals surface area contributed by atoms with Gasteiger partial charge in [-0.25, -0.2) is 5.26 Å². The first-order valence-electron chi connectivity index (χ1n) is 9.40. The van der Waals surface area contributed by atoms with E-state index in [1.165, 1.54) is 0 Å². The van der Waals surface area contributed by atoms with Crippen molar-refractivity contribution in [3.8, 4) is 0 Å². The Morgan fingerprint density at radius 3 is 2.42 bits per heavy atom. The lowest BCUT2D eigenvalue weighted by Crippen LogP contribution is -2.18. The summed E-state index contributed by atoms with van der Waals surface area (Å²) in [7, 11) is -4.16. The van der Waals surface area contributed by atoms with Gasteiger partial charge in [0.05, 0.1) is 37.6 Å². The summed E-state index contributed by atoms with van der Waals surface area (Å²) in [5.74, 6) is -0.178. The van der Waals surface area contributed by atoms with Crippen molar-refractivity contribution in [2.24, 2.45) is 0 Å². The molecule has 0 amide bonds. The summed E-state index contributed by atoms with van der Waals surface area (Å²) in [6, 6.07) is 5.14. The van der Waals surface area contributed by atoms with E-state index >= 15 is 0 Å². The number of hydrogen-bond donors (Lipinski definition) is 6. The second-order valence-corrected chi connectivity index (χ2v) is 8.40. The van der Waals surface area contributed by atoms with E-state index in [1.807, 2.05) is 0 Å². The van der Waals surface area contributed by atoms with Crippen LogP contribution >= 0.6 is 12.0 Å². The maximum absolute atomic E-state index is 10.9. The standard InChI is InChI=1S/C17H24N6O8S2/c1-2-12-3-4-13(11-14(12)32-31-30-25)20-17-22-15(18-5-8-29-9-7-24)21-16(23-17)19-6-10-33(26,27)28/h2-4,11,24-25H,1,5-10H2,(H,26,27,28)(H3,18,19,20,21,22,23). The van der Waals surface area contributed by atoms with Crippen LogP contribution in [0.1, 0.15) is 5.56 Å². The van der Waals surface area contributed by atoms with Gasteiger partial charge in [0.15, 0.2) is 0 Å². The molecule has 0 fully saturated rings. The third-order valence-corrected chi connectivity index (χ3v) is 5.07. The van der Waals surface area contributed by atoms with Crippen LogP contribution in [-0.4, -0.2) is 76.9 Å². The molecule has 0 bridgehead atoms. The average Bonchev–Trinajstić information content (AvgIpc) is 2.77. The van der Waals surface area contributed by atoms with Gasteiger partial charge in [-0.3, -0.25) is 4.55 Å². The molecule has 0 unspecified atom stereocenters. The Balaban J connectivity index is 2.19. The molecule has 1 aromatic heterocycles. The van der Waals surface area contributed by atoms with E-state index in [1.54, 1.807) is 24.3 Å². The first-order valence-corrected chi connectivity index (χ1v) is 11.8. The maximum atomic E-state index is 10.9. The minimum Gasteiger partial charge on any atom is -0.394 e. The van der Waals surface area contributed by atoms with E-state index in [-0.39, 0.29) is 44.2 Å². The SMILES string of the molecule is C=Cc1ccc(Nc2nc(NCCOCCO)nc(NCCS(=O)(=O)O)n2)cc1SOOO. The normalized spacial score (nSPS) is 11.2. The third kappa shape index (κ3) is 10.3. The number of nitrogens with zero attached hydrogens (tertiary/aromatic N) is 3. The second kappa shape index (κ2) is 13.9. The molecule has 0 radical (unpaired) electrons. The van der Waals surface area contributed by atoms with Gasteiger partial charge in [-0.1, -0.05) is 23.8 Å². The number of aromatic nitrogens is 3. The Morgan fingerprint density at radius 2 is 1.79 bits per heavy atom. The molecule has 0 atom stereocenters. The van der Waals surface area contributed by atoms with Gasteiger partial charge in [-0.15, -0.1) is 4.33 Å². The van der Waals surface area contributed by atoms with Crippen LogP contribution in [-0.2, 0) is 24.2 Å². The van der Waals surface area contributed by atoms with Crippen molar-refractivity contribution in [2.75, 3.05) is 54.6 Å². The van der Waals surface area contributed by atoms with Crippen molar-refractivity contribution in [2.45, 2.75) is 4.90 Å². The highest BCUT2D eigenvalue weighted by atomic mass is 32.2. The lowest BCUT2D eigenvalue weighted by molar-refractivity contribution is -0.432. The zero-order valence-corrected chi connectivity index (χ0v) is 18.9. The molecule has 0 saturated heterocycles. The molecule has 16 heteroatoms. The predicted octanol–water partition coefficient (Wildman–Crippen LogP) is 1.41. The highest BCUT2D eigenvalue weighted by Gasteiger charge is 2.11. The van der Waals surface area contributed by atoms with Crippen molar-refractivity contribution in [1.29, 1.82) is 0 Å². The summed E-state index contributed by atoms with van der Waals surface area (Å²) >= 11 is 0.760. The summed E-state index contributed by atoms with van der Waals surface area (Å²) in [4.78, 5) is 13.2. The van der Waals surface area contributed by atoms with Crippen molar-refractivity contribution in [1.82, 2.24) is 15.0 Å². The van der Waals surface area contributed by atoms with E-state index in [2.05, 4.69) is 46.9 Å². The smallest absolute Gasteiger partial charge is 0.266 e. The van der Waals surface area contributed by atoms with Crippen molar-refractivity contribution in [3.63, 3.8) is 0 Å². The van der Waals surface area contributed by atoms with Gasteiger partial charge in [0.2, 0.25) is 17.8 Å². The monoisotopic (exact) mass is 504 g/mol. The summed E-state index contributed by atoms with van der Waals surface area (Å²) in [5.41, 5.74) is 1.27. The highest BCUT2D eigenvalue weighted by Crippen LogP contribution is 2.29. The molecular formula is C17H24N6O8S2. The Hall–Kier alpha value is -2.57. The van der Waals surface area contributed by atoms with Gasteiger partial charge in [-0.2, -0.15) is 23.4 Å². The Bertz CT molecular complexity index is 1010. The average molecular weight is 505 g/mol. The first kappa shape index (κ1) is 26.7. The van der Waals surface area contributed by atoms with Gasteiger partial charge < -0.3 is 25.8 Å². The third-order valence-electron chi connectivity index (χ3n) is 3.69. The molecule has 0 aliphatic rings. The van der Waals surface area contributed by atoms with Crippen LogP contribution in [0.5, 0.6) is 0 Å². The number of hydrogen-bond acceptors (Lipinski definition) is 14. The van der Waals surface area contributed by atoms with E-state index in [0.717, 1.165) is 17.6 Å². The van der Waals surface area contributed by atoms with E-state index < -0.39 is 15.9 Å². The minimum atomic E-state index is -4.16. The number of rotatable bonds is 16. The largest absolute Gasteiger partial charge is 0.394 e. The fourth-order valence-corrected chi connectivity index (χ4v) is 3.20. The molecule has 1 heterocycles. The Kier molecular flexibility index (Phi) is 11.2. The Morgan fingerprint density at radius 1 is 1.09 bits per heavy atom. The van der Waals surface area contributed by atoms with Crippen LogP contribution < -0.4 is 16.0 Å². The number of benzene rings is 1. The van der Waals surface area contributed by atoms with E-state index in [0.29, 0.717) is 17.1 Å². The molecule has 0 aliphatic carbocycles.